The van der Waals surface area contributed by atoms with E-state index in [4.69, 9.17) is 23.7 Å². The second-order valence-electron chi connectivity index (χ2n) is 4.60. The SMILES string of the molecule is COC[C@H]1O[C@@H](OS(=O)(=O)C(F)(F)F)[C@H](OC)[C@@H](OC)[C@@H]1OC. The lowest BCUT2D eigenvalue weighted by atomic mass is 9.98. The van der Waals surface area contributed by atoms with Gasteiger partial charge in [0.2, 0.25) is 6.29 Å². The molecule has 138 valence electrons. The molecule has 5 atom stereocenters. The molecule has 0 spiro atoms. The van der Waals surface area contributed by atoms with Crippen LogP contribution >= 0.6 is 0 Å². The molecule has 0 aliphatic carbocycles. The van der Waals surface area contributed by atoms with E-state index >= 15 is 0 Å². The summed E-state index contributed by atoms with van der Waals surface area (Å²) in [4.78, 5) is 0. The second kappa shape index (κ2) is 8.05. The van der Waals surface area contributed by atoms with Crippen molar-refractivity contribution in [1.82, 2.24) is 0 Å². The van der Waals surface area contributed by atoms with Crippen molar-refractivity contribution in [2.24, 2.45) is 0 Å². The Kier molecular flexibility index (Phi) is 7.19. The largest absolute Gasteiger partial charge is 0.523 e. The van der Waals surface area contributed by atoms with Gasteiger partial charge in [-0.1, -0.05) is 0 Å². The molecular formula is C11H19F3O8S. The average molecular weight is 368 g/mol. The van der Waals surface area contributed by atoms with Gasteiger partial charge in [-0.2, -0.15) is 21.6 Å². The third-order valence-corrected chi connectivity index (χ3v) is 4.25. The zero-order chi connectivity index (χ0) is 17.8. The quantitative estimate of drug-likeness (QED) is 0.467. The van der Waals surface area contributed by atoms with Crippen LogP contribution in [-0.2, 0) is 38.0 Å². The minimum Gasteiger partial charge on any atom is -0.382 e. The molecule has 1 saturated heterocycles. The highest BCUT2D eigenvalue weighted by Crippen LogP contribution is 2.32. The first-order valence-corrected chi connectivity index (χ1v) is 7.76. The minimum atomic E-state index is -5.88. The van der Waals surface area contributed by atoms with Crippen LogP contribution in [0, 0.1) is 0 Å². The Morgan fingerprint density at radius 1 is 0.957 bits per heavy atom. The fourth-order valence-corrected chi connectivity index (χ4v) is 2.75. The third kappa shape index (κ3) is 4.53. The highest BCUT2D eigenvalue weighted by molar-refractivity contribution is 7.87. The van der Waals surface area contributed by atoms with Crippen LogP contribution in [0.4, 0.5) is 13.2 Å². The normalized spacial score (nSPS) is 32.9. The summed E-state index contributed by atoms with van der Waals surface area (Å²) in [6.45, 7) is -0.0826. The molecule has 0 unspecified atom stereocenters. The first-order chi connectivity index (χ1) is 10.6. The molecule has 1 heterocycles. The Bertz CT molecular complexity index is 468. The molecule has 0 amide bonds. The predicted molar refractivity (Wildman–Crippen MR) is 69.0 cm³/mol. The van der Waals surface area contributed by atoms with Crippen LogP contribution in [-0.4, -0.2) is 79.7 Å². The highest BCUT2D eigenvalue weighted by Gasteiger charge is 2.54. The topological polar surface area (TPSA) is 89.5 Å². The maximum Gasteiger partial charge on any atom is 0.523 e. The predicted octanol–water partition coefficient (Wildman–Crippen LogP) is 0.269. The van der Waals surface area contributed by atoms with E-state index in [0.717, 1.165) is 7.11 Å². The fourth-order valence-electron chi connectivity index (χ4n) is 2.24. The first kappa shape index (κ1) is 20.5. The first-order valence-electron chi connectivity index (χ1n) is 6.35. The Hall–Kier alpha value is -0.500. The summed E-state index contributed by atoms with van der Waals surface area (Å²) in [6.07, 6.45) is -5.77. The number of hydrogen-bond acceptors (Lipinski definition) is 8. The molecule has 0 aromatic carbocycles. The van der Waals surface area contributed by atoms with Crippen molar-refractivity contribution in [2.75, 3.05) is 35.0 Å². The molecule has 0 bridgehead atoms. The second-order valence-corrected chi connectivity index (χ2v) is 6.16. The van der Waals surface area contributed by atoms with Crippen LogP contribution in [0.5, 0.6) is 0 Å². The van der Waals surface area contributed by atoms with Crippen LogP contribution in [0.1, 0.15) is 0 Å². The van der Waals surface area contributed by atoms with E-state index < -0.39 is 46.3 Å². The molecular weight excluding hydrogens is 349 g/mol. The Morgan fingerprint density at radius 2 is 1.48 bits per heavy atom. The van der Waals surface area contributed by atoms with Crippen molar-refractivity contribution in [1.29, 1.82) is 0 Å². The molecule has 0 radical (unpaired) electrons. The smallest absolute Gasteiger partial charge is 0.382 e. The third-order valence-electron chi connectivity index (χ3n) is 3.24. The van der Waals surface area contributed by atoms with Gasteiger partial charge in [0.1, 0.15) is 24.4 Å². The Balaban J connectivity index is 3.09. The van der Waals surface area contributed by atoms with Crippen molar-refractivity contribution in [3.8, 4) is 0 Å². The van der Waals surface area contributed by atoms with Gasteiger partial charge < -0.3 is 23.7 Å². The van der Waals surface area contributed by atoms with Gasteiger partial charge in [-0.25, -0.2) is 4.18 Å². The van der Waals surface area contributed by atoms with Crippen molar-refractivity contribution in [3.05, 3.63) is 0 Å². The van der Waals surface area contributed by atoms with Gasteiger partial charge in [-0.15, -0.1) is 0 Å². The summed E-state index contributed by atoms with van der Waals surface area (Å²) in [5, 5.41) is 0. The molecule has 1 fully saturated rings. The van der Waals surface area contributed by atoms with Gasteiger partial charge in [-0.05, 0) is 0 Å². The van der Waals surface area contributed by atoms with Crippen molar-refractivity contribution < 1.29 is 49.5 Å². The number of ether oxygens (including phenoxy) is 5. The summed E-state index contributed by atoms with van der Waals surface area (Å²) in [5.74, 6) is 0. The summed E-state index contributed by atoms with van der Waals surface area (Å²) >= 11 is 0. The van der Waals surface area contributed by atoms with Crippen LogP contribution in [0.3, 0.4) is 0 Å². The van der Waals surface area contributed by atoms with E-state index in [2.05, 4.69) is 4.18 Å². The lowest BCUT2D eigenvalue weighted by Crippen LogP contribution is -2.61. The van der Waals surface area contributed by atoms with Crippen LogP contribution in [0.2, 0.25) is 0 Å². The Morgan fingerprint density at radius 3 is 1.87 bits per heavy atom. The molecule has 0 saturated carbocycles. The van der Waals surface area contributed by atoms with E-state index in [1.807, 2.05) is 0 Å². The molecule has 1 aliphatic rings. The van der Waals surface area contributed by atoms with E-state index in [1.54, 1.807) is 0 Å². The van der Waals surface area contributed by atoms with Crippen molar-refractivity contribution in [2.45, 2.75) is 36.2 Å². The summed E-state index contributed by atoms with van der Waals surface area (Å²) in [6, 6.07) is 0. The van der Waals surface area contributed by atoms with E-state index in [-0.39, 0.29) is 6.61 Å². The van der Waals surface area contributed by atoms with Crippen LogP contribution in [0.15, 0.2) is 0 Å². The van der Waals surface area contributed by atoms with Gasteiger partial charge in [0.15, 0.2) is 0 Å². The number of hydrogen-bond donors (Lipinski definition) is 0. The highest BCUT2D eigenvalue weighted by atomic mass is 32.2. The van der Waals surface area contributed by atoms with Gasteiger partial charge >= 0.3 is 15.6 Å². The van der Waals surface area contributed by atoms with E-state index in [9.17, 15) is 21.6 Å². The zero-order valence-corrected chi connectivity index (χ0v) is 13.7. The summed E-state index contributed by atoms with van der Waals surface area (Å²) in [5.41, 5.74) is -5.59. The maximum atomic E-state index is 12.5. The lowest BCUT2D eigenvalue weighted by Gasteiger charge is -2.43. The van der Waals surface area contributed by atoms with Gasteiger partial charge in [0.25, 0.3) is 0 Å². The monoisotopic (exact) mass is 368 g/mol. The van der Waals surface area contributed by atoms with Crippen molar-refractivity contribution >= 4 is 10.1 Å². The average Bonchev–Trinajstić information content (AvgIpc) is 2.45. The van der Waals surface area contributed by atoms with Gasteiger partial charge in [0, 0.05) is 28.4 Å². The van der Waals surface area contributed by atoms with Crippen LogP contribution < -0.4 is 0 Å². The molecule has 1 rings (SSSR count). The molecule has 8 nitrogen and oxygen atoms in total. The lowest BCUT2D eigenvalue weighted by molar-refractivity contribution is -0.293. The molecule has 23 heavy (non-hydrogen) atoms. The molecule has 1 aliphatic heterocycles. The number of alkyl halides is 3. The number of methoxy groups -OCH3 is 4. The standard InChI is InChI=1S/C11H19F3O8S/c1-17-5-6-7(18-2)8(19-3)9(20-4)10(21-6)22-23(15,16)11(12,13)14/h6-10H,5H2,1-4H3/t6-,7-,8+,9-,10+/m1/s1. The van der Waals surface area contributed by atoms with E-state index in [1.165, 1.54) is 21.3 Å². The van der Waals surface area contributed by atoms with Crippen molar-refractivity contribution in [3.63, 3.8) is 0 Å². The van der Waals surface area contributed by atoms with E-state index in [0.29, 0.717) is 0 Å². The molecule has 0 aromatic rings. The molecule has 0 aromatic heterocycles. The summed E-state index contributed by atoms with van der Waals surface area (Å²) < 4.78 is 89.6. The van der Waals surface area contributed by atoms with Crippen LogP contribution in [0.25, 0.3) is 0 Å². The maximum absolute atomic E-state index is 12.5. The molecule has 0 N–H and O–H groups in total. The summed E-state index contributed by atoms with van der Waals surface area (Å²) in [7, 11) is -0.781. The number of rotatable bonds is 7. The Labute approximate surface area is 131 Å². The van der Waals surface area contributed by atoms with Gasteiger partial charge in [0.05, 0.1) is 6.61 Å². The minimum absolute atomic E-state index is 0.0826. The zero-order valence-electron chi connectivity index (χ0n) is 12.9. The fraction of sp³-hybridized carbons (Fsp3) is 1.00. The molecule has 12 heteroatoms. The van der Waals surface area contributed by atoms with Gasteiger partial charge in [-0.3, -0.25) is 0 Å². The number of halogens is 3.